The number of benzene rings is 1. The molecule has 226 valence electrons. The van der Waals surface area contributed by atoms with Gasteiger partial charge in [0.25, 0.3) is 0 Å². The lowest BCUT2D eigenvalue weighted by molar-refractivity contribution is -0.134. The SMILES string of the molecule is CC(C)(C)C=CC(=O)CCC(=O)N1CCN(Cc2cc3nc(-c4cccc5[nH]ncc45)nc(N4CCOCC4)c3s2)CC1. The topological polar surface area (TPSA) is 108 Å². The van der Waals surface area contributed by atoms with Gasteiger partial charge in [-0.25, -0.2) is 9.97 Å². The fraction of sp³-hybridized carbons (Fsp3) is 0.469. The number of amides is 1. The van der Waals surface area contributed by atoms with Crippen LogP contribution in [0.5, 0.6) is 0 Å². The summed E-state index contributed by atoms with van der Waals surface area (Å²) in [7, 11) is 0. The highest BCUT2D eigenvalue weighted by Gasteiger charge is 2.24. The first-order chi connectivity index (χ1) is 20.7. The van der Waals surface area contributed by atoms with E-state index in [4.69, 9.17) is 14.7 Å². The Morgan fingerprint density at radius 1 is 1.05 bits per heavy atom. The molecule has 3 aromatic heterocycles. The summed E-state index contributed by atoms with van der Waals surface area (Å²) < 4.78 is 6.72. The fourth-order valence-corrected chi connectivity index (χ4v) is 6.66. The van der Waals surface area contributed by atoms with E-state index in [-0.39, 0.29) is 29.9 Å². The van der Waals surface area contributed by atoms with E-state index in [0.717, 1.165) is 65.2 Å². The van der Waals surface area contributed by atoms with Crippen molar-refractivity contribution >= 4 is 50.0 Å². The first kappa shape index (κ1) is 29.4. The average Bonchev–Trinajstić information content (AvgIpc) is 3.65. The van der Waals surface area contributed by atoms with Gasteiger partial charge >= 0.3 is 0 Å². The molecule has 1 N–H and O–H groups in total. The van der Waals surface area contributed by atoms with Crippen LogP contribution in [0, 0.1) is 5.41 Å². The average molecular weight is 602 g/mol. The normalized spacial score (nSPS) is 17.0. The van der Waals surface area contributed by atoms with Crippen molar-refractivity contribution in [3.8, 4) is 11.4 Å². The van der Waals surface area contributed by atoms with Gasteiger partial charge in [0.15, 0.2) is 17.4 Å². The third kappa shape index (κ3) is 6.95. The summed E-state index contributed by atoms with van der Waals surface area (Å²) >= 11 is 1.75. The number of rotatable bonds is 8. The van der Waals surface area contributed by atoms with Crippen molar-refractivity contribution in [3.63, 3.8) is 0 Å². The lowest BCUT2D eigenvalue weighted by Crippen LogP contribution is -2.48. The quantitative estimate of drug-likeness (QED) is 0.291. The number of ketones is 1. The van der Waals surface area contributed by atoms with Crippen molar-refractivity contribution in [1.82, 2.24) is 30.0 Å². The molecule has 2 saturated heterocycles. The minimum absolute atomic E-state index is 0.0100. The number of nitrogens with one attached hydrogen (secondary N) is 1. The molecule has 4 aromatic rings. The summed E-state index contributed by atoms with van der Waals surface area (Å²) in [5, 5.41) is 8.28. The zero-order valence-electron chi connectivity index (χ0n) is 25.1. The number of aromatic nitrogens is 4. The molecule has 43 heavy (non-hydrogen) atoms. The minimum Gasteiger partial charge on any atom is -0.378 e. The van der Waals surface area contributed by atoms with Gasteiger partial charge in [-0.1, -0.05) is 39.0 Å². The molecule has 6 rings (SSSR count). The summed E-state index contributed by atoms with van der Waals surface area (Å²) in [5.41, 5.74) is 2.83. The van der Waals surface area contributed by atoms with Crippen molar-refractivity contribution in [2.24, 2.45) is 5.41 Å². The van der Waals surface area contributed by atoms with Crippen LogP contribution in [0.25, 0.3) is 32.5 Å². The van der Waals surface area contributed by atoms with Crippen LogP contribution in [0.15, 0.2) is 42.6 Å². The molecular weight excluding hydrogens is 562 g/mol. The van der Waals surface area contributed by atoms with Crippen molar-refractivity contribution in [3.05, 3.63) is 47.5 Å². The predicted molar refractivity (Wildman–Crippen MR) is 170 cm³/mol. The van der Waals surface area contributed by atoms with Gasteiger partial charge in [-0.2, -0.15) is 5.10 Å². The highest BCUT2D eigenvalue weighted by atomic mass is 32.1. The van der Waals surface area contributed by atoms with Crippen LogP contribution in [0.1, 0.15) is 38.5 Å². The number of morpholine rings is 1. The van der Waals surface area contributed by atoms with Crippen LogP contribution in [0.2, 0.25) is 0 Å². The van der Waals surface area contributed by atoms with Crippen molar-refractivity contribution in [2.45, 2.75) is 40.2 Å². The number of thiophene rings is 1. The number of carbonyl (C=O) groups excluding carboxylic acids is 2. The number of piperazine rings is 1. The number of anilines is 1. The number of nitrogens with zero attached hydrogens (tertiary/aromatic N) is 6. The monoisotopic (exact) mass is 601 g/mol. The molecule has 0 saturated carbocycles. The minimum atomic E-state index is -0.0434. The Morgan fingerprint density at radius 3 is 2.60 bits per heavy atom. The molecule has 1 aromatic carbocycles. The van der Waals surface area contributed by atoms with Gasteiger partial charge in [-0.05, 0) is 23.6 Å². The van der Waals surface area contributed by atoms with Crippen LogP contribution >= 0.6 is 11.3 Å². The molecule has 2 fully saturated rings. The largest absolute Gasteiger partial charge is 0.378 e. The van der Waals surface area contributed by atoms with E-state index in [0.29, 0.717) is 32.1 Å². The first-order valence-corrected chi connectivity index (χ1v) is 15.8. The Labute approximate surface area is 255 Å². The van der Waals surface area contributed by atoms with Crippen molar-refractivity contribution in [2.75, 3.05) is 57.4 Å². The number of hydrogen-bond acceptors (Lipinski definition) is 9. The second kappa shape index (κ2) is 12.5. The first-order valence-electron chi connectivity index (χ1n) is 15.0. The third-order valence-electron chi connectivity index (χ3n) is 7.90. The van der Waals surface area contributed by atoms with Gasteiger partial charge in [0.2, 0.25) is 5.91 Å². The number of H-pyrrole nitrogens is 1. The number of hydrogen-bond donors (Lipinski definition) is 1. The maximum atomic E-state index is 12.8. The molecule has 0 aliphatic carbocycles. The van der Waals surface area contributed by atoms with Crippen LogP contribution in [0.3, 0.4) is 0 Å². The molecule has 11 heteroatoms. The summed E-state index contributed by atoms with van der Waals surface area (Å²) in [4.78, 5) is 42.9. The molecule has 0 radical (unpaired) electrons. The lowest BCUT2D eigenvalue weighted by atomic mass is 9.95. The van der Waals surface area contributed by atoms with Gasteiger partial charge in [0.1, 0.15) is 0 Å². The molecule has 5 heterocycles. The fourth-order valence-electron chi connectivity index (χ4n) is 5.51. The molecule has 0 spiro atoms. The van der Waals surface area contributed by atoms with Gasteiger partial charge in [0, 0.05) is 74.5 Å². The predicted octanol–water partition coefficient (Wildman–Crippen LogP) is 4.67. The van der Waals surface area contributed by atoms with Crippen LogP contribution < -0.4 is 4.90 Å². The Morgan fingerprint density at radius 2 is 1.84 bits per heavy atom. The lowest BCUT2D eigenvalue weighted by Gasteiger charge is -2.34. The van der Waals surface area contributed by atoms with Gasteiger partial charge < -0.3 is 14.5 Å². The number of ether oxygens (including phenoxy) is 1. The van der Waals surface area contributed by atoms with Gasteiger partial charge in [0.05, 0.1) is 35.1 Å². The van der Waals surface area contributed by atoms with Crippen LogP contribution in [-0.4, -0.2) is 94.1 Å². The van der Waals surface area contributed by atoms with Crippen LogP contribution in [-0.2, 0) is 20.9 Å². The number of fused-ring (bicyclic) bond motifs is 2. The summed E-state index contributed by atoms with van der Waals surface area (Å²) in [6, 6.07) is 8.26. The smallest absolute Gasteiger partial charge is 0.223 e. The van der Waals surface area contributed by atoms with E-state index in [1.54, 1.807) is 17.4 Å². The number of allylic oxidation sites excluding steroid dienone is 2. The van der Waals surface area contributed by atoms with E-state index < -0.39 is 0 Å². The molecule has 2 aliphatic heterocycles. The van der Waals surface area contributed by atoms with E-state index in [1.165, 1.54) is 4.88 Å². The van der Waals surface area contributed by atoms with Gasteiger partial charge in [-0.3, -0.25) is 19.6 Å². The van der Waals surface area contributed by atoms with Crippen molar-refractivity contribution < 1.29 is 14.3 Å². The summed E-state index contributed by atoms with van der Waals surface area (Å²) in [6.45, 7) is 12.9. The molecule has 0 bridgehead atoms. The van der Waals surface area contributed by atoms with E-state index in [2.05, 4.69) is 52.9 Å². The third-order valence-corrected chi connectivity index (χ3v) is 9.00. The van der Waals surface area contributed by atoms with Gasteiger partial charge in [-0.15, -0.1) is 11.3 Å². The van der Waals surface area contributed by atoms with E-state index in [1.807, 2.05) is 29.3 Å². The Kier molecular flexibility index (Phi) is 8.56. The van der Waals surface area contributed by atoms with E-state index in [9.17, 15) is 9.59 Å². The summed E-state index contributed by atoms with van der Waals surface area (Å²) in [6.07, 6.45) is 5.88. The summed E-state index contributed by atoms with van der Waals surface area (Å²) in [5.74, 6) is 1.73. The Balaban J connectivity index is 1.14. The second-order valence-corrected chi connectivity index (χ2v) is 13.5. The zero-order chi connectivity index (χ0) is 30.0. The molecule has 0 unspecified atom stereocenters. The highest BCUT2D eigenvalue weighted by molar-refractivity contribution is 7.19. The molecule has 1 amide bonds. The zero-order valence-corrected chi connectivity index (χ0v) is 26.0. The molecule has 10 nitrogen and oxygen atoms in total. The maximum Gasteiger partial charge on any atom is 0.223 e. The molecular formula is C32H39N7O3S. The van der Waals surface area contributed by atoms with Crippen molar-refractivity contribution in [1.29, 1.82) is 0 Å². The Hall–Kier alpha value is -3.67. The maximum absolute atomic E-state index is 12.8. The highest BCUT2D eigenvalue weighted by Crippen LogP contribution is 2.36. The standard InChI is InChI=1S/C32H39N7O3S/c1-32(2,3)10-9-22(40)7-8-28(41)38-13-11-37(12-14-38)21-23-19-27-29(43-23)31(39-15-17-42-18-16-39)35-30(34-27)24-5-4-6-26-25(24)20-33-36-26/h4-6,9-10,19-20H,7-8,11-18,21H2,1-3H3,(H,33,36). The second-order valence-electron chi connectivity index (χ2n) is 12.4. The van der Waals surface area contributed by atoms with E-state index >= 15 is 0 Å². The number of carbonyl (C=O) groups is 2. The molecule has 2 aliphatic rings. The van der Waals surface area contributed by atoms with Crippen LogP contribution in [0.4, 0.5) is 5.82 Å². The number of aromatic amines is 1. The molecule has 0 atom stereocenters. The Bertz CT molecular complexity index is 1640.